The molecule has 0 saturated carbocycles. The van der Waals surface area contributed by atoms with E-state index in [9.17, 15) is 9.90 Å². The van der Waals surface area contributed by atoms with Gasteiger partial charge in [-0.15, -0.1) is 0 Å². The van der Waals surface area contributed by atoms with Crippen LogP contribution >= 0.6 is 11.6 Å². The summed E-state index contributed by atoms with van der Waals surface area (Å²) in [4.78, 5) is 11.8. The monoisotopic (exact) mass is 300 g/mol. The largest absolute Gasteiger partial charge is 0.444 e. The van der Waals surface area contributed by atoms with Crippen LogP contribution in [0.25, 0.3) is 0 Å². The zero-order valence-corrected chi connectivity index (χ0v) is 12.7. The summed E-state index contributed by atoms with van der Waals surface area (Å²) in [6.45, 7) is 5.48. The molecule has 1 aromatic rings. The number of carbonyl (C=O) groups excluding carboxylic acids is 1. The van der Waals surface area contributed by atoms with Gasteiger partial charge in [-0.1, -0.05) is 11.6 Å². The fourth-order valence-electron chi connectivity index (χ4n) is 1.70. The van der Waals surface area contributed by atoms with Gasteiger partial charge in [-0.25, -0.2) is 4.79 Å². The van der Waals surface area contributed by atoms with Gasteiger partial charge in [0.15, 0.2) is 0 Å². The maximum atomic E-state index is 11.8. The van der Waals surface area contributed by atoms with Crippen LogP contribution in [0.15, 0.2) is 18.2 Å². The second kappa shape index (κ2) is 6.92. The van der Waals surface area contributed by atoms with Crippen molar-refractivity contribution in [3.63, 3.8) is 0 Å². The van der Waals surface area contributed by atoms with E-state index < -0.39 is 11.7 Å². The summed E-state index contributed by atoms with van der Waals surface area (Å²) >= 11 is 5.95. The fraction of sp³-hybridized carbons (Fsp3) is 0.500. The summed E-state index contributed by atoms with van der Waals surface area (Å²) in [7, 11) is 0. The van der Waals surface area contributed by atoms with Crippen LogP contribution in [-0.2, 0) is 4.74 Å². The van der Waals surface area contributed by atoms with Crippen molar-refractivity contribution in [2.75, 3.05) is 18.5 Å². The molecule has 5 nitrogen and oxygen atoms in total. The van der Waals surface area contributed by atoms with Crippen molar-refractivity contribution < 1.29 is 14.6 Å². The molecule has 20 heavy (non-hydrogen) atoms. The Morgan fingerprint density at radius 3 is 2.65 bits per heavy atom. The molecule has 0 fully saturated rings. The molecule has 1 rings (SSSR count). The molecule has 1 unspecified atom stereocenters. The maximum Gasteiger partial charge on any atom is 0.412 e. The molecule has 1 amide bonds. The molecule has 1 atom stereocenters. The fourth-order valence-corrected chi connectivity index (χ4v) is 1.88. The van der Waals surface area contributed by atoms with E-state index in [1.807, 2.05) is 0 Å². The zero-order chi connectivity index (χ0) is 15.3. The Balaban J connectivity index is 2.97. The third-order valence-electron chi connectivity index (χ3n) is 2.59. The van der Waals surface area contributed by atoms with E-state index in [-0.39, 0.29) is 19.1 Å². The van der Waals surface area contributed by atoms with Crippen LogP contribution in [0, 0.1) is 0 Å². The second-order valence-electron chi connectivity index (χ2n) is 5.47. The highest BCUT2D eigenvalue weighted by Crippen LogP contribution is 2.27. The molecule has 0 aliphatic rings. The third-order valence-corrected chi connectivity index (χ3v) is 2.83. The van der Waals surface area contributed by atoms with E-state index in [0.717, 1.165) is 0 Å². The van der Waals surface area contributed by atoms with E-state index in [0.29, 0.717) is 16.3 Å². The van der Waals surface area contributed by atoms with Crippen molar-refractivity contribution in [2.24, 2.45) is 5.73 Å². The van der Waals surface area contributed by atoms with Gasteiger partial charge < -0.3 is 15.6 Å². The van der Waals surface area contributed by atoms with Gasteiger partial charge in [-0.05, 0) is 44.5 Å². The number of hydrogen-bond donors (Lipinski definition) is 3. The molecule has 112 valence electrons. The molecule has 0 radical (unpaired) electrons. The van der Waals surface area contributed by atoms with Crippen LogP contribution < -0.4 is 11.1 Å². The lowest BCUT2D eigenvalue weighted by Crippen LogP contribution is -2.28. The number of halogens is 1. The predicted octanol–water partition coefficient (Wildman–Crippen LogP) is 2.72. The van der Waals surface area contributed by atoms with Gasteiger partial charge in [0.2, 0.25) is 0 Å². The highest BCUT2D eigenvalue weighted by molar-refractivity contribution is 6.30. The van der Waals surface area contributed by atoms with E-state index in [1.54, 1.807) is 39.0 Å². The quantitative estimate of drug-likeness (QED) is 0.798. The Hall–Kier alpha value is -1.30. The summed E-state index contributed by atoms with van der Waals surface area (Å²) in [5.41, 5.74) is 6.26. The first-order valence-electron chi connectivity index (χ1n) is 6.37. The first-order chi connectivity index (χ1) is 9.26. The third kappa shape index (κ3) is 5.00. The van der Waals surface area contributed by atoms with Crippen LogP contribution in [0.1, 0.15) is 32.3 Å². The molecule has 0 saturated heterocycles. The highest BCUT2D eigenvalue weighted by Gasteiger charge is 2.19. The molecule has 0 bridgehead atoms. The number of hydrogen-bond acceptors (Lipinski definition) is 4. The van der Waals surface area contributed by atoms with Crippen LogP contribution in [0.4, 0.5) is 10.5 Å². The van der Waals surface area contributed by atoms with Gasteiger partial charge in [-0.2, -0.15) is 0 Å². The molecule has 4 N–H and O–H groups in total. The topological polar surface area (TPSA) is 84.6 Å². The molecular formula is C14H21ClN2O3. The molecule has 0 aliphatic heterocycles. The lowest BCUT2D eigenvalue weighted by Gasteiger charge is -2.22. The number of carbonyl (C=O) groups is 1. The van der Waals surface area contributed by atoms with Crippen LogP contribution in [0.2, 0.25) is 5.02 Å². The SMILES string of the molecule is CC(C)(C)OC(=O)Nc1ccc(Cl)cc1C(CN)CO. The summed E-state index contributed by atoms with van der Waals surface area (Å²) in [6.07, 6.45) is -0.560. The Kier molecular flexibility index (Phi) is 5.80. The van der Waals surface area contributed by atoms with E-state index in [1.165, 1.54) is 0 Å². The summed E-state index contributed by atoms with van der Waals surface area (Å²) in [6, 6.07) is 5.00. The molecular weight excluding hydrogens is 280 g/mol. The van der Waals surface area contributed by atoms with E-state index in [4.69, 9.17) is 22.1 Å². The average molecular weight is 301 g/mol. The summed E-state index contributed by atoms with van der Waals surface area (Å²) in [5.74, 6) is -0.293. The minimum absolute atomic E-state index is 0.125. The van der Waals surface area contributed by atoms with Crippen molar-refractivity contribution >= 4 is 23.4 Å². The van der Waals surface area contributed by atoms with Crippen molar-refractivity contribution in [3.05, 3.63) is 28.8 Å². The van der Waals surface area contributed by atoms with Crippen molar-refractivity contribution in [2.45, 2.75) is 32.3 Å². The second-order valence-corrected chi connectivity index (χ2v) is 5.91. The van der Waals surface area contributed by atoms with Gasteiger partial charge in [0.25, 0.3) is 0 Å². The van der Waals surface area contributed by atoms with Gasteiger partial charge in [0.05, 0.1) is 6.61 Å². The molecule has 6 heteroatoms. The number of nitrogens with two attached hydrogens (primary N) is 1. The molecule has 0 aromatic heterocycles. The van der Waals surface area contributed by atoms with Crippen LogP contribution in [0.3, 0.4) is 0 Å². The Bertz CT molecular complexity index is 468. The normalized spacial score (nSPS) is 12.9. The number of ether oxygens (including phenoxy) is 1. The van der Waals surface area contributed by atoms with Crippen LogP contribution in [-0.4, -0.2) is 30.0 Å². The van der Waals surface area contributed by atoms with Crippen molar-refractivity contribution in [1.82, 2.24) is 0 Å². The number of aliphatic hydroxyl groups excluding tert-OH is 1. The summed E-state index contributed by atoms with van der Waals surface area (Å²) < 4.78 is 5.20. The number of benzene rings is 1. The first-order valence-corrected chi connectivity index (χ1v) is 6.75. The molecule has 0 aliphatic carbocycles. The Morgan fingerprint density at radius 1 is 1.50 bits per heavy atom. The predicted molar refractivity (Wildman–Crippen MR) is 80.2 cm³/mol. The van der Waals surface area contributed by atoms with Crippen molar-refractivity contribution in [1.29, 1.82) is 0 Å². The molecule has 0 heterocycles. The number of rotatable bonds is 4. The molecule has 0 spiro atoms. The van der Waals surface area contributed by atoms with Crippen LogP contribution in [0.5, 0.6) is 0 Å². The van der Waals surface area contributed by atoms with Gasteiger partial charge in [-0.3, -0.25) is 5.32 Å². The molecule has 1 aromatic carbocycles. The number of amides is 1. The van der Waals surface area contributed by atoms with E-state index in [2.05, 4.69) is 5.32 Å². The van der Waals surface area contributed by atoms with Gasteiger partial charge in [0, 0.05) is 23.2 Å². The Labute approximate surface area is 124 Å². The lowest BCUT2D eigenvalue weighted by atomic mass is 9.98. The minimum atomic E-state index is -0.582. The number of anilines is 1. The lowest BCUT2D eigenvalue weighted by molar-refractivity contribution is 0.0635. The Morgan fingerprint density at radius 2 is 2.15 bits per heavy atom. The number of aliphatic hydroxyl groups is 1. The smallest absolute Gasteiger partial charge is 0.412 e. The zero-order valence-electron chi connectivity index (χ0n) is 11.9. The standard InChI is InChI=1S/C14H21ClN2O3/c1-14(2,3)20-13(19)17-12-5-4-10(15)6-11(12)9(7-16)8-18/h4-6,9,18H,7-8,16H2,1-3H3,(H,17,19). The first kappa shape index (κ1) is 16.8. The van der Waals surface area contributed by atoms with Crippen molar-refractivity contribution in [3.8, 4) is 0 Å². The average Bonchev–Trinajstić information content (AvgIpc) is 2.31. The summed E-state index contributed by atoms with van der Waals surface area (Å²) in [5, 5.41) is 12.5. The minimum Gasteiger partial charge on any atom is -0.444 e. The number of nitrogens with one attached hydrogen (secondary N) is 1. The highest BCUT2D eigenvalue weighted by atomic mass is 35.5. The van der Waals surface area contributed by atoms with E-state index >= 15 is 0 Å². The maximum absolute atomic E-state index is 11.8. The van der Waals surface area contributed by atoms with Gasteiger partial charge >= 0.3 is 6.09 Å². The van der Waals surface area contributed by atoms with Gasteiger partial charge in [0.1, 0.15) is 5.60 Å².